The van der Waals surface area contributed by atoms with Crippen LogP contribution >= 0.6 is 0 Å². The highest BCUT2D eigenvalue weighted by Crippen LogP contribution is 2.45. The van der Waals surface area contributed by atoms with Gasteiger partial charge in [0.1, 0.15) is 23.2 Å². The van der Waals surface area contributed by atoms with Gasteiger partial charge in [0.15, 0.2) is 0 Å². The van der Waals surface area contributed by atoms with E-state index in [1.54, 1.807) is 25.7 Å². The summed E-state index contributed by atoms with van der Waals surface area (Å²) in [5.41, 5.74) is -0.227. The topological polar surface area (TPSA) is 183 Å². The molecule has 0 aromatic heterocycles. The zero-order chi connectivity index (χ0) is 37.0. The van der Waals surface area contributed by atoms with Crippen molar-refractivity contribution in [1.29, 1.82) is 0 Å². The van der Waals surface area contributed by atoms with Crippen molar-refractivity contribution in [3.63, 3.8) is 0 Å². The van der Waals surface area contributed by atoms with E-state index in [2.05, 4.69) is 20.7 Å². The fourth-order valence-electron chi connectivity index (χ4n) is 7.03. The number of carbonyl (C=O) groups is 5. The van der Waals surface area contributed by atoms with E-state index in [1.807, 2.05) is 43.3 Å². The number of benzene rings is 1. The zero-order valence-electron chi connectivity index (χ0n) is 30.0. The molecule has 2 fully saturated rings. The number of urea groups is 1. The molecule has 5 atom stereocenters. The zero-order valence-corrected chi connectivity index (χ0v) is 30.9. The number of unbranched alkanes of at least 4 members (excludes halogenated alkanes) is 1. The van der Waals surface area contributed by atoms with E-state index in [1.165, 1.54) is 4.90 Å². The first-order valence-electron chi connectivity index (χ1n) is 18.1. The standard InChI is InChI=1S/C36H52N6O8S/c1-5-6-18-51(48,49)40-32(45)36-20-26(36)16-10-8-7-9-11-17-28(38-34(47)50-35(2,3)4)31(44)42-23-27(19-29(42)30(43)39-36)37-33(46)41-21-24-14-12-13-15-25(24)22-41/h10,12-16,26-29H,5-9,11,17-23H2,1-4H3,(H,37,46)(H,38,47)(H,39,43)(H,40,45)/b16-10-/t26-,27-,28+,29+,36-/m1/s1. The summed E-state index contributed by atoms with van der Waals surface area (Å²) in [6, 6.07) is 4.71. The molecule has 0 radical (unpaired) electrons. The third kappa shape index (κ3) is 9.60. The predicted molar refractivity (Wildman–Crippen MR) is 189 cm³/mol. The molecule has 5 rings (SSSR count). The van der Waals surface area contributed by atoms with Gasteiger partial charge in [0.25, 0.3) is 5.91 Å². The second kappa shape index (κ2) is 15.6. The quantitative estimate of drug-likeness (QED) is 0.309. The van der Waals surface area contributed by atoms with Crippen molar-refractivity contribution in [2.24, 2.45) is 5.92 Å². The van der Waals surface area contributed by atoms with Gasteiger partial charge in [-0.25, -0.2) is 18.0 Å². The number of alkyl carbamates (subject to hydrolysis) is 1. The molecule has 1 aromatic rings. The van der Waals surface area contributed by atoms with Gasteiger partial charge < -0.3 is 30.5 Å². The molecule has 4 N–H and O–H groups in total. The van der Waals surface area contributed by atoms with Gasteiger partial charge in [0.05, 0.1) is 11.8 Å². The second-order valence-corrected chi connectivity index (χ2v) is 17.0. The molecule has 280 valence electrons. The number of nitrogens with one attached hydrogen (secondary N) is 4. The van der Waals surface area contributed by atoms with Crippen molar-refractivity contribution in [2.75, 3.05) is 12.3 Å². The Morgan fingerprint density at radius 3 is 2.41 bits per heavy atom. The number of ether oxygens (including phenoxy) is 1. The first-order valence-corrected chi connectivity index (χ1v) is 19.7. The minimum absolute atomic E-state index is 0.0100. The number of nitrogens with zero attached hydrogens (tertiary/aromatic N) is 2. The summed E-state index contributed by atoms with van der Waals surface area (Å²) in [7, 11) is -3.94. The van der Waals surface area contributed by atoms with Gasteiger partial charge in [-0.1, -0.05) is 62.6 Å². The largest absolute Gasteiger partial charge is 0.444 e. The third-order valence-electron chi connectivity index (χ3n) is 9.84. The summed E-state index contributed by atoms with van der Waals surface area (Å²) in [5, 5.41) is 8.56. The van der Waals surface area contributed by atoms with Crippen molar-refractivity contribution in [3.05, 3.63) is 47.5 Å². The lowest BCUT2D eigenvalue weighted by molar-refractivity contribution is -0.141. The second-order valence-electron chi connectivity index (χ2n) is 15.2. The number of rotatable bonds is 7. The number of fused-ring (bicyclic) bond motifs is 3. The van der Waals surface area contributed by atoms with Gasteiger partial charge in [-0.2, -0.15) is 0 Å². The fraction of sp³-hybridized carbons (Fsp3) is 0.639. The molecule has 15 heteroatoms. The number of hydrogen-bond donors (Lipinski definition) is 4. The minimum atomic E-state index is -3.94. The van der Waals surface area contributed by atoms with Gasteiger partial charge in [0.2, 0.25) is 21.8 Å². The van der Waals surface area contributed by atoms with Gasteiger partial charge >= 0.3 is 12.1 Å². The summed E-state index contributed by atoms with van der Waals surface area (Å²) in [6.45, 7) is 7.85. The predicted octanol–water partition coefficient (Wildman–Crippen LogP) is 3.22. The van der Waals surface area contributed by atoms with Crippen molar-refractivity contribution in [2.45, 2.75) is 128 Å². The smallest absolute Gasteiger partial charge is 0.408 e. The molecule has 1 saturated heterocycles. The summed E-state index contributed by atoms with van der Waals surface area (Å²) in [4.78, 5) is 71.5. The van der Waals surface area contributed by atoms with Crippen LogP contribution in [0.25, 0.3) is 0 Å². The number of sulfonamides is 1. The van der Waals surface area contributed by atoms with E-state index >= 15 is 0 Å². The van der Waals surface area contributed by atoms with Crippen LogP contribution in [0.5, 0.6) is 0 Å². The monoisotopic (exact) mass is 728 g/mol. The summed E-state index contributed by atoms with van der Waals surface area (Å²) in [6.07, 6.45) is 7.42. The summed E-state index contributed by atoms with van der Waals surface area (Å²) >= 11 is 0. The lowest BCUT2D eigenvalue weighted by Crippen LogP contribution is -2.58. The molecule has 0 unspecified atom stereocenters. The minimum Gasteiger partial charge on any atom is -0.444 e. The highest BCUT2D eigenvalue weighted by molar-refractivity contribution is 7.90. The fourth-order valence-corrected chi connectivity index (χ4v) is 8.27. The Bertz CT molecular complexity index is 1620. The SMILES string of the molecule is CCCCS(=O)(=O)NC(=O)[C@@]12C[C@H]1/C=C\CCCCC[C@H](NC(=O)OC(C)(C)C)C(=O)N1C[C@H](NC(=O)N3Cc4ccccc4C3)C[C@H]1C(=O)N2. The Hall–Kier alpha value is -4.14. The van der Waals surface area contributed by atoms with Crippen LogP contribution in [-0.2, 0) is 42.2 Å². The van der Waals surface area contributed by atoms with E-state index in [4.69, 9.17) is 4.74 Å². The maximum absolute atomic E-state index is 14.3. The van der Waals surface area contributed by atoms with Crippen LogP contribution in [0, 0.1) is 5.92 Å². The molecule has 0 bridgehead atoms. The van der Waals surface area contributed by atoms with E-state index in [0.29, 0.717) is 45.2 Å². The Labute approximate surface area is 300 Å². The van der Waals surface area contributed by atoms with Crippen LogP contribution in [-0.4, -0.2) is 89.6 Å². The number of hydrogen-bond acceptors (Lipinski definition) is 8. The molecular formula is C36H52N6O8S. The van der Waals surface area contributed by atoms with Crippen LogP contribution in [0.2, 0.25) is 0 Å². The summed E-state index contributed by atoms with van der Waals surface area (Å²) < 4.78 is 33.1. The molecule has 1 aromatic carbocycles. The lowest BCUT2D eigenvalue weighted by Gasteiger charge is -2.30. The Morgan fingerprint density at radius 2 is 1.75 bits per heavy atom. The van der Waals surface area contributed by atoms with Crippen LogP contribution < -0.4 is 20.7 Å². The highest BCUT2D eigenvalue weighted by atomic mass is 32.2. The third-order valence-corrected chi connectivity index (χ3v) is 11.2. The van der Waals surface area contributed by atoms with Crippen LogP contribution in [0.15, 0.2) is 36.4 Å². The molecule has 3 aliphatic heterocycles. The molecule has 1 aliphatic carbocycles. The maximum Gasteiger partial charge on any atom is 0.408 e. The normalized spacial score (nSPS) is 27.5. The Morgan fingerprint density at radius 1 is 1.04 bits per heavy atom. The lowest BCUT2D eigenvalue weighted by atomic mass is 10.0. The molecule has 51 heavy (non-hydrogen) atoms. The number of carbonyl (C=O) groups excluding carboxylic acids is 5. The van der Waals surface area contributed by atoms with Crippen molar-refractivity contribution < 1.29 is 37.1 Å². The number of allylic oxidation sites excluding steroid dienone is 1. The average Bonchev–Trinajstić information content (AvgIpc) is 3.36. The van der Waals surface area contributed by atoms with Gasteiger partial charge in [0, 0.05) is 25.6 Å². The van der Waals surface area contributed by atoms with E-state index in [0.717, 1.165) is 24.0 Å². The maximum atomic E-state index is 14.3. The Balaban J connectivity index is 1.40. The molecule has 0 spiro atoms. The van der Waals surface area contributed by atoms with Gasteiger partial charge in [-0.3, -0.25) is 19.1 Å². The average molecular weight is 729 g/mol. The van der Waals surface area contributed by atoms with E-state index in [9.17, 15) is 32.4 Å². The first-order chi connectivity index (χ1) is 24.1. The molecular weight excluding hydrogens is 676 g/mol. The highest BCUT2D eigenvalue weighted by Gasteiger charge is 2.61. The summed E-state index contributed by atoms with van der Waals surface area (Å²) in [5.74, 6) is -2.62. The van der Waals surface area contributed by atoms with Gasteiger partial charge in [-0.05, 0) is 70.4 Å². The molecule has 14 nitrogen and oxygen atoms in total. The number of amides is 6. The van der Waals surface area contributed by atoms with Crippen LogP contribution in [0.4, 0.5) is 9.59 Å². The van der Waals surface area contributed by atoms with Crippen molar-refractivity contribution in [3.8, 4) is 0 Å². The van der Waals surface area contributed by atoms with Crippen molar-refractivity contribution >= 4 is 39.9 Å². The van der Waals surface area contributed by atoms with Crippen LogP contribution in [0.1, 0.15) is 96.6 Å². The van der Waals surface area contributed by atoms with E-state index < -0.39 is 69.0 Å². The van der Waals surface area contributed by atoms with Crippen molar-refractivity contribution in [1.82, 2.24) is 30.5 Å². The van der Waals surface area contributed by atoms with Gasteiger partial charge in [-0.15, -0.1) is 0 Å². The molecule has 1 saturated carbocycles. The molecule has 4 aliphatic rings. The molecule has 3 heterocycles. The van der Waals surface area contributed by atoms with Crippen LogP contribution in [0.3, 0.4) is 0 Å². The first kappa shape index (κ1) is 38.1. The Kier molecular flexibility index (Phi) is 11.7. The molecule has 6 amide bonds. The van der Waals surface area contributed by atoms with E-state index in [-0.39, 0.29) is 31.2 Å².